The standard InChI is InChI=1S/C14H22N3O8P/c1-4-9-5-17(7(2)15-13(9)16-8(3)18)14-12(20)11(19)10(25-14)6-24-26(21,22)23/h5,10-12,14,19-20H,2,4,6H2,1,3H3,(H,15,16,18)(H2,21,22,23)/t10-,11-,12?,14?/m1/s1. The van der Waals surface area contributed by atoms with E-state index < -0.39 is 39.0 Å². The van der Waals surface area contributed by atoms with E-state index >= 15 is 0 Å². The average Bonchev–Trinajstić information content (AvgIpc) is 2.80. The molecule has 12 heteroatoms. The zero-order valence-corrected chi connectivity index (χ0v) is 15.2. The van der Waals surface area contributed by atoms with Gasteiger partial charge in [-0.2, -0.15) is 0 Å². The fraction of sp³-hybridized carbons (Fsp3) is 0.571. The maximum absolute atomic E-state index is 11.3. The molecule has 4 atom stereocenters. The van der Waals surface area contributed by atoms with Gasteiger partial charge in [0.15, 0.2) is 6.23 Å². The first-order valence-corrected chi connectivity index (χ1v) is 9.32. The normalized spacial score (nSPS) is 29.5. The summed E-state index contributed by atoms with van der Waals surface area (Å²) in [6, 6.07) is 0. The second-order valence-electron chi connectivity index (χ2n) is 5.81. The lowest BCUT2D eigenvalue weighted by atomic mass is 10.1. The van der Waals surface area contributed by atoms with E-state index in [9.17, 15) is 19.6 Å². The van der Waals surface area contributed by atoms with Crippen LogP contribution in [-0.2, 0) is 18.6 Å². The van der Waals surface area contributed by atoms with Gasteiger partial charge in [-0.1, -0.05) is 13.5 Å². The highest BCUT2D eigenvalue weighted by Crippen LogP contribution is 2.38. The number of hydrogen-bond acceptors (Lipinski definition) is 8. The van der Waals surface area contributed by atoms with Crippen LogP contribution in [0.2, 0.25) is 0 Å². The number of aliphatic hydroxyl groups is 2. The van der Waals surface area contributed by atoms with Crippen LogP contribution in [-0.4, -0.2) is 67.8 Å². The Hall–Kier alpha value is -1.59. The van der Waals surface area contributed by atoms with Crippen LogP contribution in [0.5, 0.6) is 0 Å². The molecule has 0 spiro atoms. The molecule has 0 aromatic heterocycles. The van der Waals surface area contributed by atoms with Gasteiger partial charge in [0.25, 0.3) is 0 Å². The lowest BCUT2D eigenvalue weighted by molar-refractivity contribution is -0.117. The second-order valence-corrected chi connectivity index (χ2v) is 7.04. The third-order valence-electron chi connectivity index (χ3n) is 3.83. The summed E-state index contributed by atoms with van der Waals surface area (Å²) < 4.78 is 20.6. The van der Waals surface area contributed by atoms with Crippen molar-refractivity contribution in [1.82, 2.24) is 10.2 Å². The third-order valence-corrected chi connectivity index (χ3v) is 4.32. The van der Waals surface area contributed by atoms with Gasteiger partial charge in [-0.15, -0.1) is 0 Å². The highest BCUT2D eigenvalue weighted by molar-refractivity contribution is 7.46. The van der Waals surface area contributed by atoms with Gasteiger partial charge in [-0.25, -0.2) is 9.56 Å². The quantitative estimate of drug-likeness (QED) is 0.376. The van der Waals surface area contributed by atoms with E-state index in [-0.39, 0.29) is 11.7 Å². The number of carbonyl (C=O) groups excluding carboxylic acids is 1. The molecule has 0 radical (unpaired) electrons. The predicted molar refractivity (Wildman–Crippen MR) is 89.3 cm³/mol. The highest BCUT2D eigenvalue weighted by Gasteiger charge is 2.47. The summed E-state index contributed by atoms with van der Waals surface area (Å²) in [5.41, 5.74) is 0.646. The largest absolute Gasteiger partial charge is 0.469 e. The monoisotopic (exact) mass is 391 g/mol. The van der Waals surface area contributed by atoms with Crippen molar-refractivity contribution in [1.29, 1.82) is 0 Å². The van der Waals surface area contributed by atoms with Gasteiger partial charge in [-0.3, -0.25) is 9.32 Å². The lowest BCUT2D eigenvalue weighted by Gasteiger charge is -2.32. The zero-order valence-electron chi connectivity index (χ0n) is 14.3. The number of amidine groups is 1. The van der Waals surface area contributed by atoms with E-state index in [1.165, 1.54) is 11.8 Å². The summed E-state index contributed by atoms with van der Waals surface area (Å²) in [5, 5.41) is 22.9. The first-order valence-electron chi connectivity index (χ1n) is 7.79. The molecule has 2 unspecified atom stereocenters. The second kappa shape index (κ2) is 7.97. The van der Waals surface area contributed by atoms with E-state index in [1.807, 2.05) is 6.92 Å². The van der Waals surface area contributed by atoms with Crippen LogP contribution >= 0.6 is 7.82 Å². The Kier molecular flexibility index (Phi) is 6.35. The van der Waals surface area contributed by atoms with E-state index in [2.05, 4.69) is 21.4 Å². The Balaban J connectivity index is 2.16. The minimum Gasteiger partial charge on any atom is -0.387 e. The molecule has 11 nitrogen and oxygen atoms in total. The van der Waals surface area contributed by atoms with Crippen molar-refractivity contribution in [3.05, 3.63) is 24.2 Å². The first kappa shape index (κ1) is 20.7. The molecule has 1 amide bonds. The van der Waals surface area contributed by atoms with Crippen molar-refractivity contribution in [2.45, 2.75) is 44.8 Å². The molecule has 0 bridgehead atoms. The molecule has 2 heterocycles. The topological polar surface area (TPSA) is 161 Å². The van der Waals surface area contributed by atoms with Crippen LogP contribution in [0.3, 0.4) is 0 Å². The van der Waals surface area contributed by atoms with Gasteiger partial charge in [-0.05, 0) is 6.42 Å². The average molecular weight is 391 g/mol. The number of ether oxygens (including phenoxy) is 1. The highest BCUT2D eigenvalue weighted by atomic mass is 31.2. The van der Waals surface area contributed by atoms with Crippen molar-refractivity contribution in [3.63, 3.8) is 0 Å². The summed E-state index contributed by atoms with van der Waals surface area (Å²) in [6.45, 7) is 6.33. The number of amides is 1. The molecule has 2 aliphatic rings. The fourth-order valence-electron chi connectivity index (χ4n) is 2.58. The van der Waals surface area contributed by atoms with Crippen molar-refractivity contribution in [3.8, 4) is 0 Å². The van der Waals surface area contributed by atoms with Crippen LogP contribution < -0.4 is 5.32 Å². The number of phosphoric ester groups is 1. The van der Waals surface area contributed by atoms with Crippen molar-refractivity contribution in [2.75, 3.05) is 6.61 Å². The molecule has 0 saturated carbocycles. The Morgan fingerprint density at radius 3 is 2.65 bits per heavy atom. The lowest BCUT2D eigenvalue weighted by Crippen LogP contribution is -2.43. The summed E-state index contributed by atoms with van der Waals surface area (Å²) in [4.78, 5) is 34.4. The molecular weight excluding hydrogens is 369 g/mol. The van der Waals surface area contributed by atoms with Crippen LogP contribution in [0.1, 0.15) is 20.3 Å². The summed E-state index contributed by atoms with van der Waals surface area (Å²) in [6.07, 6.45) is -2.99. The summed E-state index contributed by atoms with van der Waals surface area (Å²) >= 11 is 0. The SMILES string of the molecule is C=C1N=C(NC(C)=O)C(CC)=CN1C1O[C@H](COP(=O)(O)O)[C@@H](O)C1O. The number of rotatable bonds is 5. The number of nitrogens with one attached hydrogen (secondary N) is 1. The molecule has 0 aromatic rings. The van der Waals surface area contributed by atoms with Crippen molar-refractivity contribution in [2.24, 2.45) is 4.99 Å². The maximum Gasteiger partial charge on any atom is 0.469 e. The predicted octanol–water partition coefficient (Wildman–Crippen LogP) is -0.842. The van der Waals surface area contributed by atoms with Crippen LogP contribution in [0.15, 0.2) is 29.2 Å². The molecule has 0 aromatic carbocycles. The van der Waals surface area contributed by atoms with Crippen molar-refractivity contribution >= 4 is 19.6 Å². The van der Waals surface area contributed by atoms with Gasteiger partial charge in [0.05, 0.1) is 6.61 Å². The Morgan fingerprint density at radius 1 is 1.46 bits per heavy atom. The number of aliphatic imine (C=N–C) groups is 1. The molecule has 0 aliphatic carbocycles. The molecule has 5 N–H and O–H groups in total. The van der Waals surface area contributed by atoms with Crippen LogP contribution in [0.4, 0.5) is 0 Å². The number of hydrogen-bond donors (Lipinski definition) is 5. The number of carbonyl (C=O) groups is 1. The van der Waals surface area contributed by atoms with Gasteiger partial charge in [0, 0.05) is 18.7 Å². The van der Waals surface area contributed by atoms with E-state index in [0.29, 0.717) is 17.8 Å². The molecular formula is C14H22N3O8P. The Labute approximate surface area is 149 Å². The zero-order chi connectivity index (χ0) is 19.6. The Bertz CT molecular complexity index is 688. The minimum atomic E-state index is -4.74. The summed E-state index contributed by atoms with van der Waals surface area (Å²) in [5.74, 6) is 0.181. The number of aliphatic hydroxyl groups excluding tert-OH is 2. The molecule has 146 valence electrons. The Morgan fingerprint density at radius 2 is 2.12 bits per heavy atom. The van der Waals surface area contributed by atoms with E-state index in [0.717, 1.165) is 0 Å². The smallest absolute Gasteiger partial charge is 0.387 e. The van der Waals surface area contributed by atoms with E-state index in [4.69, 9.17) is 14.5 Å². The molecule has 1 saturated heterocycles. The molecule has 26 heavy (non-hydrogen) atoms. The van der Waals surface area contributed by atoms with Crippen molar-refractivity contribution < 1.29 is 38.6 Å². The first-order chi connectivity index (χ1) is 12.0. The third kappa shape index (κ3) is 4.77. The van der Waals surface area contributed by atoms with Crippen LogP contribution in [0.25, 0.3) is 0 Å². The van der Waals surface area contributed by atoms with Gasteiger partial charge >= 0.3 is 7.82 Å². The van der Waals surface area contributed by atoms with Gasteiger partial charge < -0.3 is 35.0 Å². The van der Waals surface area contributed by atoms with Gasteiger partial charge in [0.1, 0.15) is 30.0 Å². The number of nitrogens with zero attached hydrogens (tertiary/aromatic N) is 2. The summed E-state index contributed by atoms with van der Waals surface area (Å²) in [7, 11) is -4.74. The minimum absolute atomic E-state index is 0.152. The van der Waals surface area contributed by atoms with Gasteiger partial charge in [0.2, 0.25) is 5.91 Å². The van der Waals surface area contributed by atoms with Crippen LogP contribution in [0, 0.1) is 0 Å². The molecule has 1 fully saturated rings. The van der Waals surface area contributed by atoms with E-state index in [1.54, 1.807) is 6.20 Å². The number of phosphoric acid groups is 1. The molecule has 2 rings (SSSR count). The fourth-order valence-corrected chi connectivity index (χ4v) is 2.92. The maximum atomic E-state index is 11.3. The molecule has 2 aliphatic heterocycles.